The van der Waals surface area contributed by atoms with Gasteiger partial charge in [-0.1, -0.05) is 45.7 Å². The Hall–Kier alpha value is -4.51. The lowest BCUT2D eigenvalue weighted by Crippen LogP contribution is -2.59. The van der Waals surface area contributed by atoms with Gasteiger partial charge in [0.25, 0.3) is 5.92 Å². The van der Waals surface area contributed by atoms with E-state index in [1.165, 1.54) is 23.3 Å². The van der Waals surface area contributed by atoms with E-state index >= 15 is 0 Å². The molecule has 18 heteroatoms. The lowest BCUT2D eigenvalue weighted by molar-refractivity contribution is -0.146. The first-order valence-corrected chi connectivity index (χ1v) is 20.8. The van der Waals surface area contributed by atoms with Crippen LogP contribution in [0.3, 0.4) is 0 Å². The molecule has 4 aliphatic rings. The van der Waals surface area contributed by atoms with Crippen LogP contribution in [0.5, 0.6) is 11.5 Å². The molecule has 0 bridgehead atoms. The van der Waals surface area contributed by atoms with Crippen molar-refractivity contribution in [3.05, 3.63) is 28.6 Å². The number of thiazole rings is 1. The molecule has 4 fully saturated rings. The number of hydrogen-bond acceptors (Lipinski definition) is 11. The molecule has 2 aromatic heterocycles. The number of carboxylic acid groups (broad SMARTS) is 1. The molecule has 3 aromatic rings. The second-order valence-corrected chi connectivity index (χ2v) is 18.4. The number of pyridine rings is 1. The normalized spacial score (nSPS) is 27.5. The van der Waals surface area contributed by atoms with Crippen LogP contribution in [0.25, 0.3) is 22.3 Å². The van der Waals surface area contributed by atoms with Crippen molar-refractivity contribution >= 4 is 62.8 Å². The van der Waals surface area contributed by atoms with Crippen molar-refractivity contribution in [1.82, 2.24) is 25.5 Å². The third-order valence-electron chi connectivity index (χ3n) is 11.8. The number of fused-ring (bicyclic) bond motifs is 2. The molecule has 58 heavy (non-hydrogen) atoms. The molecule has 314 valence electrons. The molecule has 0 spiro atoms. The van der Waals surface area contributed by atoms with Gasteiger partial charge >= 0.3 is 12.1 Å². The van der Waals surface area contributed by atoms with E-state index in [2.05, 4.69) is 16.0 Å². The summed E-state index contributed by atoms with van der Waals surface area (Å²) in [6.07, 6.45) is -1.59. The van der Waals surface area contributed by atoms with Gasteiger partial charge < -0.3 is 40.2 Å². The zero-order chi connectivity index (χ0) is 42.1. The fraction of sp³-hybridized carbons (Fsp3) is 0.600. The minimum Gasteiger partial charge on any atom is -0.495 e. The zero-order valence-corrected chi connectivity index (χ0v) is 34.9. The van der Waals surface area contributed by atoms with Crippen molar-refractivity contribution in [3.8, 4) is 22.9 Å². The average Bonchev–Trinajstić information content (AvgIpc) is 3.58. The maximum absolute atomic E-state index is 14.7. The van der Waals surface area contributed by atoms with Crippen LogP contribution in [0.2, 0.25) is 5.02 Å². The van der Waals surface area contributed by atoms with Crippen LogP contribution >= 0.6 is 22.9 Å². The van der Waals surface area contributed by atoms with Gasteiger partial charge in [0.05, 0.1) is 24.9 Å². The molecule has 3 saturated carbocycles. The number of benzene rings is 1. The molecule has 3 heterocycles. The van der Waals surface area contributed by atoms with Gasteiger partial charge in [0.1, 0.15) is 52.0 Å². The smallest absolute Gasteiger partial charge is 0.408 e. The summed E-state index contributed by atoms with van der Waals surface area (Å²) in [5, 5.41) is 22.1. The number of carbonyl (C=O) groups is 4. The second kappa shape index (κ2) is 15.3. The molecular formula is C40H49ClF2N6O8S. The molecule has 3 amide bonds. The summed E-state index contributed by atoms with van der Waals surface area (Å²) in [5.74, 6) is -6.36. The van der Waals surface area contributed by atoms with E-state index in [0.29, 0.717) is 45.3 Å². The van der Waals surface area contributed by atoms with Gasteiger partial charge in [-0.25, -0.2) is 28.3 Å². The highest BCUT2D eigenvalue weighted by Crippen LogP contribution is 2.64. The van der Waals surface area contributed by atoms with E-state index in [0.717, 1.165) is 0 Å². The number of aromatic nitrogens is 2. The summed E-state index contributed by atoms with van der Waals surface area (Å²) in [6, 6.07) is 2.88. The number of nitrogens with zero attached hydrogens (tertiary/aromatic N) is 3. The highest BCUT2D eigenvalue weighted by atomic mass is 35.5. The monoisotopic (exact) mass is 846 g/mol. The number of likely N-dealkylation sites (tertiary alicyclic amines) is 1. The zero-order valence-electron chi connectivity index (χ0n) is 33.4. The number of hydrogen-bond donors (Lipinski definition) is 4. The Kier molecular flexibility index (Phi) is 11.0. The van der Waals surface area contributed by atoms with Crippen LogP contribution in [-0.2, 0) is 19.1 Å². The molecule has 14 nitrogen and oxygen atoms in total. The van der Waals surface area contributed by atoms with Gasteiger partial charge in [-0.2, -0.15) is 0 Å². The maximum Gasteiger partial charge on any atom is 0.408 e. The van der Waals surface area contributed by atoms with Crippen molar-refractivity contribution < 1.29 is 47.3 Å². The van der Waals surface area contributed by atoms with Gasteiger partial charge in [-0.05, 0) is 56.6 Å². The number of carbonyl (C=O) groups excluding carboxylic acids is 3. The average molecular weight is 847 g/mol. The van der Waals surface area contributed by atoms with Crippen LogP contribution in [-0.4, -0.2) is 99.3 Å². The lowest BCUT2D eigenvalue weighted by Gasteiger charge is -2.35. The maximum atomic E-state index is 14.7. The highest BCUT2D eigenvalue weighted by molar-refractivity contribution is 7.14. The number of anilines is 1. The quantitative estimate of drug-likeness (QED) is 0.143. The predicted octanol–water partition coefficient (Wildman–Crippen LogP) is 6.74. The van der Waals surface area contributed by atoms with E-state index in [-0.39, 0.29) is 49.2 Å². The second-order valence-electron chi connectivity index (χ2n) is 17.2. The van der Waals surface area contributed by atoms with E-state index in [1.54, 1.807) is 39.0 Å². The van der Waals surface area contributed by atoms with Crippen LogP contribution in [0.15, 0.2) is 23.6 Å². The number of rotatable bonds is 13. The Morgan fingerprint density at radius 3 is 2.38 bits per heavy atom. The van der Waals surface area contributed by atoms with Gasteiger partial charge in [-0.15, -0.1) is 11.3 Å². The van der Waals surface area contributed by atoms with Crippen molar-refractivity contribution in [2.24, 2.45) is 23.2 Å². The number of methoxy groups -OCH3 is 1. The topological polar surface area (TPSA) is 181 Å². The first kappa shape index (κ1) is 41.6. The van der Waals surface area contributed by atoms with E-state index in [1.807, 2.05) is 26.2 Å². The van der Waals surface area contributed by atoms with Crippen molar-refractivity contribution in [3.63, 3.8) is 0 Å². The summed E-state index contributed by atoms with van der Waals surface area (Å²) in [7, 11) is 1.49. The Bertz CT molecular complexity index is 2120. The minimum absolute atomic E-state index is 0.0212. The molecule has 4 N–H and O–H groups in total. The van der Waals surface area contributed by atoms with Gasteiger partial charge in [-0.3, -0.25) is 9.59 Å². The number of halogens is 3. The predicted molar refractivity (Wildman–Crippen MR) is 212 cm³/mol. The number of alkyl carbamates (subject to hydrolysis) is 1. The van der Waals surface area contributed by atoms with E-state index < -0.39 is 76.9 Å². The van der Waals surface area contributed by atoms with Crippen molar-refractivity contribution in [2.75, 3.05) is 19.0 Å². The number of ether oxygens (including phenoxy) is 3. The molecule has 1 aromatic carbocycles. The molecule has 1 unspecified atom stereocenters. The number of alkyl halides is 2. The van der Waals surface area contributed by atoms with Crippen LogP contribution in [0.4, 0.5) is 18.7 Å². The molecule has 1 aliphatic heterocycles. The molecule has 1 saturated heterocycles. The third kappa shape index (κ3) is 7.83. The fourth-order valence-corrected chi connectivity index (χ4v) is 9.56. The van der Waals surface area contributed by atoms with Crippen LogP contribution < -0.4 is 25.4 Å². The summed E-state index contributed by atoms with van der Waals surface area (Å²) >= 11 is 8.21. The standard InChI is InChI=1S/C40H49ClF2N6O8S/c1-8-19-15-39(19,35(52)53)48-33(50)27-13-21(16-49(27)34(51)32(38(4,5)6)47-37(54)57-20-11-23-24(12-20)40(23,42)43)56-29-14-25(26-17-58-36(46-26)44-18(2)3)45-31-22(29)9-10-28(55-7)30(31)41/h9-10,14,17-21,23-24,27,32H,8,11-13,15-16H2,1-7H3,(H,44,46)(H,47,54)(H,48,50)(H,52,53)/t19?,20-,21-,23+,24-,27+,32-,39-/m1/s1. The van der Waals surface area contributed by atoms with E-state index in [9.17, 15) is 33.1 Å². The summed E-state index contributed by atoms with van der Waals surface area (Å²) in [6.45, 7) is 10.9. The molecule has 0 radical (unpaired) electrons. The minimum atomic E-state index is -2.74. The Morgan fingerprint density at radius 2 is 1.78 bits per heavy atom. The molecular weight excluding hydrogens is 798 g/mol. The van der Waals surface area contributed by atoms with Crippen LogP contribution in [0, 0.1) is 23.2 Å². The lowest BCUT2D eigenvalue weighted by atomic mass is 9.85. The Labute approximate surface area is 343 Å². The summed E-state index contributed by atoms with van der Waals surface area (Å²) < 4.78 is 45.3. The highest BCUT2D eigenvalue weighted by Gasteiger charge is 2.72. The van der Waals surface area contributed by atoms with Crippen molar-refractivity contribution in [2.45, 2.75) is 115 Å². The number of aliphatic carboxylic acids is 1. The largest absolute Gasteiger partial charge is 0.495 e. The first-order valence-electron chi connectivity index (χ1n) is 19.5. The van der Waals surface area contributed by atoms with E-state index in [4.69, 9.17) is 35.8 Å². The number of amides is 3. The van der Waals surface area contributed by atoms with Gasteiger partial charge in [0.2, 0.25) is 11.8 Å². The van der Waals surface area contributed by atoms with Gasteiger partial charge in [0.15, 0.2) is 5.13 Å². The summed E-state index contributed by atoms with van der Waals surface area (Å²) in [4.78, 5) is 65.3. The fourth-order valence-electron chi connectivity index (χ4n) is 8.43. The number of carboxylic acids is 1. The summed E-state index contributed by atoms with van der Waals surface area (Å²) in [5.41, 5.74) is -0.987. The molecule has 3 aliphatic carbocycles. The first-order chi connectivity index (χ1) is 27.3. The van der Waals surface area contributed by atoms with Gasteiger partial charge in [0, 0.05) is 41.1 Å². The molecule has 8 atom stereocenters. The molecule has 7 rings (SSSR count). The SMILES string of the molecule is CCC1C[C@]1(NC(=O)[C@@H]1C[C@@H](Oc2cc(-c3csc(NC(C)C)n3)nc3c(Cl)c(OC)ccc23)CN1C(=O)[C@@H](NC(=O)O[C@H]1C[C@@H]2[C@H](C1)C2(F)F)C(C)(C)C)C(=O)O. The van der Waals surface area contributed by atoms with Crippen molar-refractivity contribution in [1.29, 1.82) is 0 Å². The third-order valence-corrected chi connectivity index (χ3v) is 12.9. The Balaban J connectivity index is 1.19. The number of nitrogens with one attached hydrogen (secondary N) is 3. The Morgan fingerprint density at radius 1 is 1.07 bits per heavy atom. The van der Waals surface area contributed by atoms with Crippen LogP contribution in [0.1, 0.15) is 73.6 Å².